The lowest BCUT2D eigenvalue weighted by atomic mass is 10.00. The van der Waals surface area contributed by atoms with Crippen LogP contribution in [-0.4, -0.2) is 55.0 Å². The zero-order valence-corrected chi connectivity index (χ0v) is 15.7. The van der Waals surface area contributed by atoms with Gasteiger partial charge in [0.2, 0.25) is 0 Å². The Morgan fingerprint density at radius 2 is 2.09 bits per heavy atom. The van der Waals surface area contributed by atoms with Crippen molar-refractivity contribution >= 4 is 6.09 Å². The first kappa shape index (κ1) is 20.2. The van der Waals surface area contributed by atoms with Crippen LogP contribution in [0.2, 0.25) is 0 Å². The Bertz CT molecular complexity index is 340. The minimum Gasteiger partial charge on any atom is -0.444 e. The van der Waals surface area contributed by atoms with Crippen molar-refractivity contribution in [3.63, 3.8) is 0 Å². The fourth-order valence-corrected chi connectivity index (χ4v) is 2.87. The van der Waals surface area contributed by atoms with E-state index < -0.39 is 5.60 Å². The molecule has 0 saturated carbocycles. The van der Waals surface area contributed by atoms with Crippen molar-refractivity contribution in [2.24, 2.45) is 0 Å². The van der Waals surface area contributed by atoms with Crippen LogP contribution < -0.4 is 5.32 Å². The lowest BCUT2D eigenvalue weighted by molar-refractivity contribution is -0.00324. The third-order valence-corrected chi connectivity index (χ3v) is 4.05. The van der Waals surface area contributed by atoms with Crippen molar-refractivity contribution in [2.75, 3.05) is 26.2 Å². The highest BCUT2D eigenvalue weighted by Gasteiger charge is 2.22. The Hall–Kier alpha value is -0.810. The van der Waals surface area contributed by atoms with E-state index in [1.165, 1.54) is 6.42 Å². The van der Waals surface area contributed by atoms with Gasteiger partial charge in [0.05, 0.1) is 6.10 Å². The van der Waals surface area contributed by atoms with E-state index in [1.807, 2.05) is 27.7 Å². The van der Waals surface area contributed by atoms with E-state index in [2.05, 4.69) is 12.2 Å². The molecule has 1 aliphatic rings. The van der Waals surface area contributed by atoms with Gasteiger partial charge in [-0.25, -0.2) is 4.79 Å². The summed E-state index contributed by atoms with van der Waals surface area (Å²) in [6, 6.07) is 0.553. The molecular formula is C18H36N2O3. The molecule has 0 bridgehead atoms. The van der Waals surface area contributed by atoms with E-state index in [0.29, 0.717) is 18.7 Å². The second kappa shape index (κ2) is 10.1. The number of nitrogens with zero attached hydrogens (tertiary/aromatic N) is 1. The molecule has 1 rings (SSSR count). The summed E-state index contributed by atoms with van der Waals surface area (Å²) < 4.78 is 11.2. The first-order chi connectivity index (χ1) is 10.9. The largest absolute Gasteiger partial charge is 0.444 e. The maximum Gasteiger partial charge on any atom is 0.410 e. The Kier molecular flexibility index (Phi) is 8.92. The minimum absolute atomic E-state index is 0.214. The van der Waals surface area contributed by atoms with Crippen LogP contribution >= 0.6 is 0 Å². The quantitative estimate of drug-likeness (QED) is 0.692. The van der Waals surface area contributed by atoms with E-state index in [0.717, 1.165) is 45.4 Å². The Labute approximate surface area is 142 Å². The van der Waals surface area contributed by atoms with Crippen LogP contribution in [0.15, 0.2) is 0 Å². The van der Waals surface area contributed by atoms with Gasteiger partial charge >= 0.3 is 6.09 Å². The van der Waals surface area contributed by atoms with E-state index in [-0.39, 0.29) is 6.09 Å². The molecule has 0 aromatic carbocycles. The summed E-state index contributed by atoms with van der Waals surface area (Å²) in [6.07, 6.45) is 5.68. The average Bonchev–Trinajstić information content (AvgIpc) is 2.46. The van der Waals surface area contributed by atoms with Crippen molar-refractivity contribution in [3.05, 3.63) is 0 Å². The first-order valence-electron chi connectivity index (χ1n) is 9.18. The predicted molar refractivity (Wildman–Crippen MR) is 93.8 cm³/mol. The van der Waals surface area contributed by atoms with Gasteiger partial charge in [0.15, 0.2) is 0 Å². The normalized spacial score (nSPS) is 22.0. The summed E-state index contributed by atoms with van der Waals surface area (Å²) in [6.45, 7) is 13.1. The number of carbonyl (C=O) groups is 1. The predicted octanol–water partition coefficient (Wildman–Crippen LogP) is 3.57. The molecule has 5 nitrogen and oxygen atoms in total. The number of carbonyl (C=O) groups excluding carboxylic acids is 1. The van der Waals surface area contributed by atoms with Crippen molar-refractivity contribution in [1.29, 1.82) is 0 Å². The number of hydrogen-bond donors (Lipinski definition) is 1. The fraction of sp³-hybridized carbons (Fsp3) is 0.944. The summed E-state index contributed by atoms with van der Waals surface area (Å²) in [7, 11) is 0. The van der Waals surface area contributed by atoms with Crippen molar-refractivity contribution in [1.82, 2.24) is 10.2 Å². The van der Waals surface area contributed by atoms with E-state index in [1.54, 1.807) is 4.90 Å². The standard InChI is InChI=1S/C18H36N2O3/c1-6-9-16-14-15(10-13-22-16)19-11-8-12-20(7-2)17(21)23-18(3,4)5/h15-16,19H,6-14H2,1-5H3. The molecule has 1 fully saturated rings. The second-order valence-corrected chi connectivity index (χ2v) is 7.37. The van der Waals surface area contributed by atoms with Crippen molar-refractivity contribution in [3.8, 4) is 0 Å². The summed E-state index contributed by atoms with van der Waals surface area (Å²) in [5.41, 5.74) is -0.431. The zero-order chi connectivity index (χ0) is 17.3. The van der Waals surface area contributed by atoms with Crippen LogP contribution in [0.1, 0.15) is 66.7 Å². The van der Waals surface area contributed by atoms with Gasteiger partial charge < -0.3 is 19.7 Å². The minimum atomic E-state index is -0.431. The summed E-state index contributed by atoms with van der Waals surface area (Å²) in [5, 5.41) is 3.62. The summed E-state index contributed by atoms with van der Waals surface area (Å²) in [4.78, 5) is 13.8. The third-order valence-electron chi connectivity index (χ3n) is 4.05. The SMILES string of the molecule is CCCC1CC(NCCCN(CC)C(=O)OC(C)(C)C)CCO1. The van der Waals surface area contributed by atoms with Gasteiger partial charge in [-0.3, -0.25) is 0 Å². The molecule has 0 radical (unpaired) electrons. The van der Waals surface area contributed by atoms with Gasteiger partial charge in [-0.1, -0.05) is 13.3 Å². The van der Waals surface area contributed by atoms with Gasteiger partial charge in [-0.05, 0) is 59.9 Å². The summed E-state index contributed by atoms with van der Waals surface area (Å²) in [5.74, 6) is 0. The zero-order valence-electron chi connectivity index (χ0n) is 15.7. The van der Waals surface area contributed by atoms with Crippen LogP contribution in [0, 0.1) is 0 Å². The highest BCUT2D eigenvalue weighted by Crippen LogP contribution is 2.17. The topological polar surface area (TPSA) is 50.8 Å². The van der Waals surface area contributed by atoms with Crippen LogP contribution in [0.3, 0.4) is 0 Å². The lowest BCUT2D eigenvalue weighted by Gasteiger charge is -2.30. The van der Waals surface area contributed by atoms with Crippen molar-refractivity contribution < 1.29 is 14.3 Å². The maximum absolute atomic E-state index is 12.1. The molecule has 1 amide bonds. The number of rotatable bonds is 8. The Balaban J connectivity index is 2.23. The molecule has 23 heavy (non-hydrogen) atoms. The van der Waals surface area contributed by atoms with Crippen LogP contribution in [0.25, 0.3) is 0 Å². The fourth-order valence-electron chi connectivity index (χ4n) is 2.87. The molecule has 1 heterocycles. The second-order valence-electron chi connectivity index (χ2n) is 7.37. The molecule has 0 aromatic heterocycles. The molecule has 1 N–H and O–H groups in total. The van der Waals surface area contributed by atoms with Gasteiger partial charge in [0.25, 0.3) is 0 Å². The van der Waals surface area contributed by atoms with Gasteiger partial charge in [0.1, 0.15) is 5.60 Å². The van der Waals surface area contributed by atoms with Gasteiger partial charge in [-0.2, -0.15) is 0 Å². The van der Waals surface area contributed by atoms with Crippen LogP contribution in [0.5, 0.6) is 0 Å². The number of hydrogen-bond acceptors (Lipinski definition) is 4. The molecule has 1 saturated heterocycles. The first-order valence-corrected chi connectivity index (χ1v) is 9.18. The molecular weight excluding hydrogens is 292 g/mol. The Morgan fingerprint density at radius 3 is 2.70 bits per heavy atom. The molecule has 2 atom stereocenters. The molecule has 1 aliphatic heterocycles. The monoisotopic (exact) mass is 328 g/mol. The molecule has 0 spiro atoms. The van der Waals surface area contributed by atoms with Gasteiger partial charge in [0, 0.05) is 25.7 Å². The third kappa shape index (κ3) is 8.56. The van der Waals surface area contributed by atoms with Crippen molar-refractivity contribution in [2.45, 2.75) is 84.5 Å². The Morgan fingerprint density at radius 1 is 1.35 bits per heavy atom. The van der Waals surface area contributed by atoms with Crippen LogP contribution in [-0.2, 0) is 9.47 Å². The molecule has 0 aromatic rings. The molecule has 2 unspecified atom stereocenters. The molecule has 136 valence electrons. The molecule has 0 aliphatic carbocycles. The average molecular weight is 328 g/mol. The number of amides is 1. The number of ether oxygens (including phenoxy) is 2. The highest BCUT2D eigenvalue weighted by atomic mass is 16.6. The van der Waals surface area contributed by atoms with Crippen LogP contribution in [0.4, 0.5) is 4.79 Å². The lowest BCUT2D eigenvalue weighted by Crippen LogP contribution is -2.41. The van der Waals surface area contributed by atoms with Gasteiger partial charge in [-0.15, -0.1) is 0 Å². The molecule has 5 heteroatoms. The highest BCUT2D eigenvalue weighted by molar-refractivity contribution is 5.68. The number of nitrogens with one attached hydrogen (secondary N) is 1. The maximum atomic E-state index is 12.1. The van der Waals surface area contributed by atoms with E-state index >= 15 is 0 Å². The van der Waals surface area contributed by atoms with E-state index in [4.69, 9.17) is 9.47 Å². The smallest absolute Gasteiger partial charge is 0.410 e. The summed E-state index contributed by atoms with van der Waals surface area (Å²) >= 11 is 0. The van der Waals surface area contributed by atoms with E-state index in [9.17, 15) is 4.79 Å².